The molecule has 0 aromatic carbocycles. The zero-order valence-electron chi connectivity index (χ0n) is 17.0. The van der Waals surface area contributed by atoms with Gasteiger partial charge in [0.15, 0.2) is 6.61 Å². The number of aromatic nitrogens is 1. The Morgan fingerprint density at radius 1 is 1.19 bits per heavy atom. The molecule has 1 aliphatic rings. The molecule has 0 spiro atoms. The van der Waals surface area contributed by atoms with Crippen LogP contribution in [0.3, 0.4) is 0 Å². The average molecular weight is 445 g/mol. The Kier molecular flexibility index (Phi) is 7.83. The highest BCUT2D eigenvalue weighted by molar-refractivity contribution is 5.93. The van der Waals surface area contributed by atoms with E-state index >= 15 is 0 Å². The van der Waals surface area contributed by atoms with E-state index < -0.39 is 30.9 Å². The second-order valence-electron chi connectivity index (χ2n) is 7.03. The summed E-state index contributed by atoms with van der Waals surface area (Å²) in [5.74, 6) is -5.14. The van der Waals surface area contributed by atoms with Crippen molar-refractivity contribution in [2.75, 3.05) is 11.9 Å². The molecule has 1 unspecified atom stereocenters. The van der Waals surface area contributed by atoms with Crippen molar-refractivity contribution in [1.82, 2.24) is 21.2 Å². The fraction of sp³-hybridized carbons (Fsp3) is 0.421. The maximum absolute atomic E-state index is 12.9. The van der Waals surface area contributed by atoms with Gasteiger partial charge in [-0.15, -0.1) is 0 Å². The normalized spacial score (nSPS) is 14.7. The zero-order chi connectivity index (χ0) is 23.2. The minimum Gasteiger partial charge on any atom is -0.471 e. The van der Waals surface area contributed by atoms with Gasteiger partial charge in [-0.25, -0.2) is 13.8 Å². The summed E-state index contributed by atoms with van der Waals surface area (Å²) in [5.41, 5.74) is 5.51. The lowest BCUT2D eigenvalue weighted by molar-refractivity contribution is -0.159. The number of nitrogens with zero attached hydrogens (tertiary/aromatic N) is 1. The van der Waals surface area contributed by atoms with Crippen LogP contribution in [0.1, 0.15) is 32.4 Å². The Morgan fingerprint density at radius 2 is 1.90 bits per heavy atom. The Bertz CT molecular complexity index is 874. The van der Waals surface area contributed by atoms with Gasteiger partial charge in [-0.05, 0) is 30.7 Å². The van der Waals surface area contributed by atoms with E-state index in [0.29, 0.717) is 11.4 Å². The Balaban J connectivity index is 1.95. The fourth-order valence-corrected chi connectivity index (χ4v) is 2.24. The summed E-state index contributed by atoms with van der Waals surface area (Å²) in [6, 6.07) is 2.84. The highest BCUT2D eigenvalue weighted by Gasteiger charge is 2.42. The Labute approximate surface area is 176 Å². The predicted octanol–water partition coefficient (Wildman–Crippen LogP) is 2.60. The number of halogens is 4. The second-order valence-corrected chi connectivity index (χ2v) is 7.03. The summed E-state index contributed by atoms with van der Waals surface area (Å²) in [7, 11) is 0. The molecule has 0 radical (unpaired) electrons. The first-order valence-electron chi connectivity index (χ1n) is 9.30. The van der Waals surface area contributed by atoms with Gasteiger partial charge in [-0.2, -0.15) is 8.78 Å². The van der Waals surface area contributed by atoms with E-state index in [4.69, 9.17) is 0 Å². The molecule has 0 aliphatic carbocycles. The molecule has 1 atom stereocenters. The summed E-state index contributed by atoms with van der Waals surface area (Å²) < 4.78 is 54.7. The second kappa shape index (κ2) is 10.1. The SMILES string of the molecule is CC(C)C(=O)Nc1cc(C(C)NC(=O)C2=CC=C(OCC(F)(F)C(F)F)NN2)ccn1. The molecule has 0 fully saturated rings. The number of rotatable bonds is 9. The number of alkyl halides is 4. The number of pyridine rings is 1. The molecular weight excluding hydrogens is 422 g/mol. The number of allylic oxidation sites excluding steroid dienone is 2. The van der Waals surface area contributed by atoms with Crippen LogP contribution in [0.4, 0.5) is 23.4 Å². The highest BCUT2D eigenvalue weighted by atomic mass is 19.3. The lowest BCUT2D eigenvalue weighted by Gasteiger charge is -2.23. The molecule has 4 N–H and O–H groups in total. The number of amides is 2. The number of anilines is 1. The van der Waals surface area contributed by atoms with Crippen LogP contribution in [0.5, 0.6) is 0 Å². The molecule has 2 amide bonds. The molecule has 0 saturated heterocycles. The first-order chi connectivity index (χ1) is 14.5. The molecule has 2 heterocycles. The quantitative estimate of drug-likeness (QED) is 0.436. The van der Waals surface area contributed by atoms with Crippen LogP contribution >= 0.6 is 0 Å². The summed E-state index contributed by atoms with van der Waals surface area (Å²) in [5, 5.41) is 5.38. The van der Waals surface area contributed by atoms with Gasteiger partial charge in [0.1, 0.15) is 11.5 Å². The number of carbonyl (C=O) groups is 2. The van der Waals surface area contributed by atoms with Crippen LogP contribution in [0.2, 0.25) is 0 Å². The van der Waals surface area contributed by atoms with Crippen molar-refractivity contribution in [3.63, 3.8) is 0 Å². The molecule has 1 aromatic rings. The molecule has 0 bridgehead atoms. The van der Waals surface area contributed by atoms with Crippen molar-refractivity contribution in [3.8, 4) is 0 Å². The van der Waals surface area contributed by atoms with E-state index in [1.165, 1.54) is 12.3 Å². The molecule has 170 valence electrons. The van der Waals surface area contributed by atoms with Gasteiger partial charge in [0.05, 0.1) is 6.04 Å². The Hall–Kier alpha value is -3.31. The predicted molar refractivity (Wildman–Crippen MR) is 104 cm³/mol. The van der Waals surface area contributed by atoms with E-state index in [-0.39, 0.29) is 23.4 Å². The van der Waals surface area contributed by atoms with Crippen molar-refractivity contribution in [2.45, 2.75) is 39.2 Å². The molecule has 31 heavy (non-hydrogen) atoms. The van der Waals surface area contributed by atoms with Crippen molar-refractivity contribution >= 4 is 17.6 Å². The summed E-state index contributed by atoms with van der Waals surface area (Å²) in [6.07, 6.45) is 0.0454. The Morgan fingerprint density at radius 3 is 2.48 bits per heavy atom. The van der Waals surface area contributed by atoms with Crippen LogP contribution in [-0.4, -0.2) is 35.8 Å². The number of hydrogen-bond donors (Lipinski definition) is 4. The monoisotopic (exact) mass is 445 g/mol. The lowest BCUT2D eigenvalue weighted by atomic mass is 10.1. The third kappa shape index (κ3) is 6.86. The lowest BCUT2D eigenvalue weighted by Crippen LogP contribution is -2.42. The number of nitrogens with one attached hydrogen (secondary N) is 4. The van der Waals surface area contributed by atoms with Gasteiger partial charge in [0.25, 0.3) is 5.91 Å². The first kappa shape index (κ1) is 24.0. The van der Waals surface area contributed by atoms with Crippen molar-refractivity contribution < 1.29 is 31.9 Å². The topological polar surface area (TPSA) is 104 Å². The van der Waals surface area contributed by atoms with E-state index in [1.54, 1.807) is 32.9 Å². The summed E-state index contributed by atoms with van der Waals surface area (Å²) in [4.78, 5) is 28.3. The van der Waals surface area contributed by atoms with Crippen LogP contribution in [-0.2, 0) is 14.3 Å². The van der Waals surface area contributed by atoms with Crippen molar-refractivity contribution in [1.29, 1.82) is 0 Å². The maximum atomic E-state index is 12.9. The minimum absolute atomic E-state index is 0.0437. The van der Waals surface area contributed by atoms with Gasteiger partial charge in [-0.3, -0.25) is 20.4 Å². The van der Waals surface area contributed by atoms with E-state index in [1.807, 2.05) is 0 Å². The van der Waals surface area contributed by atoms with Crippen molar-refractivity contribution in [2.24, 2.45) is 5.92 Å². The van der Waals surface area contributed by atoms with E-state index in [2.05, 4.69) is 31.2 Å². The largest absolute Gasteiger partial charge is 0.471 e. The highest BCUT2D eigenvalue weighted by Crippen LogP contribution is 2.24. The van der Waals surface area contributed by atoms with Crippen LogP contribution < -0.4 is 21.5 Å². The van der Waals surface area contributed by atoms with E-state index in [9.17, 15) is 27.2 Å². The third-order valence-corrected chi connectivity index (χ3v) is 4.11. The molecule has 2 rings (SSSR count). The van der Waals surface area contributed by atoms with E-state index in [0.717, 1.165) is 6.08 Å². The number of hydrazine groups is 1. The molecule has 8 nitrogen and oxygen atoms in total. The standard InChI is InChI=1S/C19H23F4N5O3/c1-10(2)16(29)26-14-8-12(6-7-24-14)11(3)25-17(30)13-4-5-15(28-27-13)31-9-19(22,23)18(20)21/h4-8,10-11,18,27-28H,9H2,1-3H3,(H,25,30)(H,24,26,29). The van der Waals surface area contributed by atoms with Crippen LogP contribution in [0, 0.1) is 5.92 Å². The number of hydrogen-bond acceptors (Lipinski definition) is 6. The summed E-state index contributed by atoms with van der Waals surface area (Å²) >= 11 is 0. The third-order valence-electron chi connectivity index (χ3n) is 4.11. The molecular formula is C19H23F4N5O3. The molecule has 1 aromatic heterocycles. The van der Waals surface area contributed by atoms with Crippen LogP contribution in [0.25, 0.3) is 0 Å². The number of carbonyl (C=O) groups excluding carboxylic acids is 2. The average Bonchev–Trinajstić information content (AvgIpc) is 2.72. The first-order valence-corrected chi connectivity index (χ1v) is 9.30. The van der Waals surface area contributed by atoms with Gasteiger partial charge in [0.2, 0.25) is 11.8 Å². The maximum Gasteiger partial charge on any atom is 0.340 e. The smallest absolute Gasteiger partial charge is 0.340 e. The van der Waals surface area contributed by atoms with Gasteiger partial charge >= 0.3 is 12.3 Å². The van der Waals surface area contributed by atoms with Gasteiger partial charge < -0.3 is 15.4 Å². The zero-order valence-corrected chi connectivity index (χ0v) is 17.0. The van der Waals surface area contributed by atoms with Gasteiger partial charge in [0, 0.05) is 18.2 Å². The molecule has 1 aliphatic heterocycles. The molecule has 12 heteroatoms. The summed E-state index contributed by atoms with van der Waals surface area (Å²) in [6.45, 7) is 3.69. The van der Waals surface area contributed by atoms with Gasteiger partial charge in [-0.1, -0.05) is 13.8 Å². The van der Waals surface area contributed by atoms with Crippen LogP contribution in [0.15, 0.2) is 42.1 Å². The minimum atomic E-state index is -4.29. The molecule has 0 saturated carbocycles. The fourth-order valence-electron chi connectivity index (χ4n) is 2.24. The van der Waals surface area contributed by atoms with Crippen molar-refractivity contribution in [3.05, 3.63) is 47.6 Å². The number of ether oxygens (including phenoxy) is 1.